The number of hydrogen-bond donors (Lipinski definition) is 1. The van der Waals surface area contributed by atoms with Crippen LogP contribution in [0.2, 0.25) is 5.02 Å². The minimum atomic E-state index is -0.184. The maximum Gasteiger partial charge on any atom is 0.262 e. The van der Waals surface area contributed by atoms with Crippen LogP contribution in [0.5, 0.6) is 0 Å². The smallest absolute Gasteiger partial charge is 0.262 e. The van der Waals surface area contributed by atoms with Gasteiger partial charge in [0.15, 0.2) is 10.8 Å². The molecule has 0 aliphatic rings. The molecule has 0 saturated carbocycles. The fourth-order valence-corrected chi connectivity index (χ4v) is 2.90. The molecule has 1 aromatic carbocycles. The first-order valence-corrected chi connectivity index (χ1v) is 7.71. The molecule has 5 nitrogen and oxygen atoms in total. The maximum atomic E-state index is 12.1. The zero-order chi connectivity index (χ0) is 15.0. The maximum absolute atomic E-state index is 12.1. The predicted molar refractivity (Wildman–Crippen MR) is 85.5 cm³/mol. The molecule has 108 valence electrons. The van der Waals surface area contributed by atoms with E-state index >= 15 is 0 Å². The monoisotopic (exact) mass is 320 g/mol. The summed E-state index contributed by atoms with van der Waals surface area (Å²) < 4.78 is 1.63. The lowest BCUT2D eigenvalue weighted by Gasteiger charge is -2.06. The average molecular weight is 321 g/mol. The van der Waals surface area contributed by atoms with E-state index in [1.807, 2.05) is 26.0 Å². The van der Waals surface area contributed by atoms with Gasteiger partial charge in [-0.05, 0) is 18.2 Å². The third-order valence-electron chi connectivity index (χ3n) is 2.82. The van der Waals surface area contributed by atoms with Crippen LogP contribution in [0.25, 0.3) is 16.7 Å². The van der Waals surface area contributed by atoms with E-state index in [0.29, 0.717) is 26.5 Å². The highest BCUT2D eigenvalue weighted by molar-refractivity contribution is 7.99. The number of H-pyrrole nitrogens is 1. The van der Waals surface area contributed by atoms with E-state index in [1.54, 1.807) is 16.8 Å². The van der Waals surface area contributed by atoms with Crippen molar-refractivity contribution in [2.75, 3.05) is 0 Å². The van der Waals surface area contributed by atoms with E-state index < -0.39 is 0 Å². The Bertz CT molecular complexity index is 856. The van der Waals surface area contributed by atoms with Gasteiger partial charge in [0.05, 0.1) is 11.9 Å². The van der Waals surface area contributed by atoms with Crippen molar-refractivity contribution in [3.63, 3.8) is 0 Å². The van der Waals surface area contributed by atoms with Gasteiger partial charge in [0.25, 0.3) is 5.56 Å². The predicted octanol–water partition coefficient (Wildman–Crippen LogP) is 3.26. The summed E-state index contributed by atoms with van der Waals surface area (Å²) in [5.41, 5.74) is 1.12. The lowest BCUT2D eigenvalue weighted by atomic mass is 10.3. The molecule has 3 rings (SSSR count). The minimum Gasteiger partial charge on any atom is -0.301 e. The SMILES string of the molecule is CC(C)Sc1nc2c(cnn2-c2cccc(Cl)c2)c(=O)[nH]1. The summed E-state index contributed by atoms with van der Waals surface area (Å²) in [5, 5.41) is 6.24. The van der Waals surface area contributed by atoms with Crippen LogP contribution in [-0.4, -0.2) is 25.0 Å². The Balaban J connectivity index is 2.20. The van der Waals surface area contributed by atoms with Crippen LogP contribution in [0.1, 0.15) is 13.8 Å². The first-order valence-electron chi connectivity index (χ1n) is 6.45. The molecule has 0 saturated heterocycles. The van der Waals surface area contributed by atoms with Crippen molar-refractivity contribution in [1.82, 2.24) is 19.7 Å². The Labute approximate surface area is 130 Å². The second-order valence-electron chi connectivity index (χ2n) is 4.81. The first-order chi connectivity index (χ1) is 10.0. The first kappa shape index (κ1) is 14.2. The van der Waals surface area contributed by atoms with Crippen LogP contribution < -0.4 is 5.56 Å². The quantitative estimate of drug-likeness (QED) is 0.594. The average Bonchev–Trinajstić information content (AvgIpc) is 2.82. The Hall–Kier alpha value is -1.79. The third-order valence-corrected chi connectivity index (χ3v) is 3.94. The highest BCUT2D eigenvalue weighted by Crippen LogP contribution is 2.21. The van der Waals surface area contributed by atoms with Crippen molar-refractivity contribution in [2.45, 2.75) is 24.3 Å². The van der Waals surface area contributed by atoms with Crippen LogP contribution in [-0.2, 0) is 0 Å². The van der Waals surface area contributed by atoms with Crippen molar-refractivity contribution in [3.8, 4) is 5.69 Å². The van der Waals surface area contributed by atoms with Gasteiger partial charge in [0.1, 0.15) is 5.39 Å². The highest BCUT2D eigenvalue weighted by Gasteiger charge is 2.12. The van der Waals surface area contributed by atoms with E-state index in [0.717, 1.165) is 5.69 Å². The number of nitrogens with zero attached hydrogens (tertiary/aromatic N) is 3. The minimum absolute atomic E-state index is 0.184. The molecule has 0 bridgehead atoms. The topological polar surface area (TPSA) is 63.6 Å². The number of thioether (sulfide) groups is 1. The number of aromatic amines is 1. The molecule has 0 radical (unpaired) electrons. The van der Waals surface area contributed by atoms with Crippen molar-refractivity contribution in [1.29, 1.82) is 0 Å². The summed E-state index contributed by atoms with van der Waals surface area (Å²) in [6, 6.07) is 7.28. The van der Waals surface area contributed by atoms with Crippen molar-refractivity contribution >= 4 is 34.4 Å². The molecular formula is C14H13ClN4OS. The summed E-state index contributed by atoms with van der Waals surface area (Å²) in [6.45, 7) is 4.09. The van der Waals surface area contributed by atoms with Crippen molar-refractivity contribution in [3.05, 3.63) is 45.8 Å². The summed E-state index contributed by atoms with van der Waals surface area (Å²) in [4.78, 5) is 19.4. The van der Waals surface area contributed by atoms with Crippen LogP contribution in [0, 0.1) is 0 Å². The van der Waals surface area contributed by atoms with Gasteiger partial charge in [0, 0.05) is 10.3 Å². The molecule has 7 heteroatoms. The molecule has 0 atom stereocenters. The largest absolute Gasteiger partial charge is 0.301 e. The fourth-order valence-electron chi connectivity index (χ4n) is 1.97. The number of benzene rings is 1. The number of fused-ring (bicyclic) bond motifs is 1. The van der Waals surface area contributed by atoms with Crippen LogP contribution in [0.4, 0.5) is 0 Å². The second-order valence-corrected chi connectivity index (χ2v) is 6.81. The molecule has 0 fully saturated rings. The van der Waals surface area contributed by atoms with E-state index in [4.69, 9.17) is 11.6 Å². The third kappa shape index (κ3) is 2.82. The fraction of sp³-hybridized carbons (Fsp3) is 0.214. The Morgan fingerprint density at radius 2 is 2.19 bits per heavy atom. The van der Waals surface area contributed by atoms with E-state index in [1.165, 1.54) is 18.0 Å². The van der Waals surface area contributed by atoms with E-state index in [-0.39, 0.29) is 5.56 Å². The van der Waals surface area contributed by atoms with Crippen molar-refractivity contribution in [2.24, 2.45) is 0 Å². The molecule has 0 aliphatic carbocycles. The molecule has 0 spiro atoms. The zero-order valence-corrected chi connectivity index (χ0v) is 13.1. The van der Waals surface area contributed by atoms with Gasteiger partial charge in [-0.25, -0.2) is 9.67 Å². The molecular weight excluding hydrogens is 308 g/mol. The normalized spacial score (nSPS) is 11.4. The highest BCUT2D eigenvalue weighted by atomic mass is 35.5. The van der Waals surface area contributed by atoms with Gasteiger partial charge in [-0.15, -0.1) is 0 Å². The molecule has 0 amide bonds. The Morgan fingerprint density at radius 1 is 1.38 bits per heavy atom. The van der Waals surface area contributed by atoms with Crippen LogP contribution in [0.15, 0.2) is 40.4 Å². The van der Waals surface area contributed by atoms with Crippen molar-refractivity contribution < 1.29 is 0 Å². The number of aromatic nitrogens is 4. The summed E-state index contributed by atoms with van der Waals surface area (Å²) >= 11 is 7.51. The van der Waals surface area contributed by atoms with E-state index in [2.05, 4.69) is 15.1 Å². The van der Waals surface area contributed by atoms with Crippen LogP contribution in [0.3, 0.4) is 0 Å². The zero-order valence-electron chi connectivity index (χ0n) is 11.5. The molecule has 2 aromatic heterocycles. The van der Waals surface area contributed by atoms with Gasteiger partial charge in [-0.3, -0.25) is 4.79 Å². The van der Waals surface area contributed by atoms with Gasteiger partial charge in [0.2, 0.25) is 0 Å². The summed E-state index contributed by atoms with van der Waals surface area (Å²) in [6.07, 6.45) is 1.52. The standard InChI is InChI=1S/C14H13ClN4OS/c1-8(2)21-14-17-12-11(13(20)18-14)7-16-19(12)10-5-3-4-9(15)6-10/h3-8H,1-2H3,(H,17,18,20). The molecule has 3 aromatic rings. The van der Waals surface area contributed by atoms with Gasteiger partial charge < -0.3 is 4.98 Å². The molecule has 21 heavy (non-hydrogen) atoms. The van der Waals surface area contributed by atoms with Gasteiger partial charge >= 0.3 is 0 Å². The molecule has 0 aliphatic heterocycles. The molecule has 2 heterocycles. The lowest BCUT2D eigenvalue weighted by Crippen LogP contribution is -2.10. The molecule has 1 N–H and O–H groups in total. The van der Waals surface area contributed by atoms with Gasteiger partial charge in [-0.1, -0.05) is 43.3 Å². The second kappa shape index (κ2) is 5.54. The molecule has 0 unspecified atom stereocenters. The Kier molecular flexibility index (Phi) is 3.73. The number of halogens is 1. The number of rotatable bonds is 3. The Morgan fingerprint density at radius 3 is 2.90 bits per heavy atom. The summed E-state index contributed by atoms with van der Waals surface area (Å²) in [7, 11) is 0. The van der Waals surface area contributed by atoms with Crippen LogP contribution >= 0.6 is 23.4 Å². The summed E-state index contributed by atoms with van der Waals surface area (Å²) in [5.74, 6) is 0. The number of hydrogen-bond acceptors (Lipinski definition) is 4. The van der Waals surface area contributed by atoms with Gasteiger partial charge in [-0.2, -0.15) is 5.10 Å². The lowest BCUT2D eigenvalue weighted by molar-refractivity contribution is 0.871. The number of nitrogens with one attached hydrogen (secondary N) is 1. The van der Waals surface area contributed by atoms with E-state index in [9.17, 15) is 4.79 Å².